The molecule has 3 aromatic rings. The number of aromatic nitrogens is 1. The lowest BCUT2D eigenvalue weighted by atomic mass is 9.87. The summed E-state index contributed by atoms with van der Waals surface area (Å²) in [5.41, 5.74) is 3.06. The third-order valence-corrected chi connectivity index (χ3v) is 5.73. The van der Waals surface area contributed by atoms with E-state index >= 15 is 0 Å². The Labute approximate surface area is 172 Å². The molecular weight excluding hydrogens is 392 g/mol. The molecule has 0 aliphatic rings. The number of rotatable bonds is 5. The molecule has 0 aliphatic carbocycles. The van der Waals surface area contributed by atoms with Crippen molar-refractivity contribution in [3.8, 4) is 10.6 Å². The molecule has 28 heavy (non-hydrogen) atoms. The normalized spacial score (nSPS) is 12.4. The van der Waals surface area contributed by atoms with Crippen LogP contribution in [0.4, 0.5) is 5.69 Å². The molecule has 1 atom stereocenters. The molecule has 0 aliphatic heterocycles. The van der Waals surface area contributed by atoms with Crippen LogP contribution in [0.1, 0.15) is 43.7 Å². The van der Waals surface area contributed by atoms with Crippen LogP contribution in [0, 0.1) is 0 Å². The molecule has 0 fully saturated rings. The molecule has 5 nitrogen and oxygen atoms in total. The molecule has 2 heterocycles. The van der Waals surface area contributed by atoms with Gasteiger partial charge < -0.3 is 10.1 Å². The van der Waals surface area contributed by atoms with Gasteiger partial charge in [-0.05, 0) is 41.5 Å². The number of benzene rings is 1. The van der Waals surface area contributed by atoms with Gasteiger partial charge in [0.15, 0.2) is 11.8 Å². The number of hydrogen-bond donors (Lipinski definition) is 1. The summed E-state index contributed by atoms with van der Waals surface area (Å²) in [6.07, 6.45) is -0.930. The van der Waals surface area contributed by atoms with Crippen LogP contribution >= 0.6 is 22.7 Å². The molecule has 0 saturated heterocycles. The predicted octanol–water partition coefficient (Wildman–Crippen LogP) is 5.35. The van der Waals surface area contributed by atoms with Gasteiger partial charge in [0.25, 0.3) is 5.91 Å². The summed E-state index contributed by atoms with van der Waals surface area (Å²) >= 11 is 2.94. The highest BCUT2D eigenvalue weighted by Gasteiger charge is 2.21. The summed E-state index contributed by atoms with van der Waals surface area (Å²) in [4.78, 5) is 28.9. The van der Waals surface area contributed by atoms with Gasteiger partial charge in [-0.3, -0.25) is 4.79 Å². The van der Waals surface area contributed by atoms with Crippen LogP contribution in [-0.2, 0) is 14.9 Å². The van der Waals surface area contributed by atoms with Crippen molar-refractivity contribution >= 4 is 40.2 Å². The smallest absolute Gasteiger partial charge is 0.358 e. The minimum absolute atomic E-state index is 0.0424. The topological polar surface area (TPSA) is 68.3 Å². The Balaban J connectivity index is 1.58. The molecule has 3 rings (SSSR count). The Morgan fingerprint density at radius 3 is 2.43 bits per heavy atom. The molecule has 7 heteroatoms. The van der Waals surface area contributed by atoms with Crippen molar-refractivity contribution in [3.05, 3.63) is 57.7 Å². The Hall–Kier alpha value is -2.51. The first-order valence-corrected chi connectivity index (χ1v) is 10.7. The Morgan fingerprint density at radius 1 is 1.11 bits per heavy atom. The first kappa shape index (κ1) is 20.2. The quantitative estimate of drug-likeness (QED) is 0.571. The van der Waals surface area contributed by atoms with E-state index in [0.29, 0.717) is 5.69 Å². The van der Waals surface area contributed by atoms with Crippen molar-refractivity contribution in [1.82, 2.24) is 4.98 Å². The van der Waals surface area contributed by atoms with E-state index < -0.39 is 12.1 Å². The van der Waals surface area contributed by atoms with Crippen LogP contribution in [-0.4, -0.2) is 23.0 Å². The zero-order valence-corrected chi connectivity index (χ0v) is 17.8. The number of carbonyl (C=O) groups excluding carboxylic acids is 2. The van der Waals surface area contributed by atoms with Gasteiger partial charge in [0.05, 0.1) is 0 Å². The molecule has 146 valence electrons. The molecule has 1 amide bonds. The number of esters is 1. The number of nitrogens with zero attached hydrogens (tertiary/aromatic N) is 1. The van der Waals surface area contributed by atoms with Crippen LogP contribution in [0.5, 0.6) is 0 Å². The summed E-state index contributed by atoms with van der Waals surface area (Å²) in [6.45, 7) is 7.93. The highest BCUT2D eigenvalue weighted by molar-refractivity contribution is 7.14. The lowest BCUT2D eigenvalue weighted by Gasteiger charge is -2.19. The van der Waals surface area contributed by atoms with Crippen molar-refractivity contribution in [3.63, 3.8) is 0 Å². The van der Waals surface area contributed by atoms with E-state index in [2.05, 4.69) is 31.1 Å². The average Bonchev–Trinajstić information content (AvgIpc) is 3.32. The van der Waals surface area contributed by atoms with Gasteiger partial charge in [-0.25, -0.2) is 9.78 Å². The van der Waals surface area contributed by atoms with Crippen LogP contribution < -0.4 is 5.32 Å². The van der Waals surface area contributed by atoms with Gasteiger partial charge in [-0.1, -0.05) is 32.9 Å². The molecule has 0 unspecified atom stereocenters. The predicted molar refractivity (Wildman–Crippen MR) is 114 cm³/mol. The van der Waals surface area contributed by atoms with Crippen LogP contribution in [0.25, 0.3) is 10.6 Å². The molecular formula is C21H22N2O3S2. The lowest BCUT2D eigenvalue weighted by molar-refractivity contribution is -0.123. The number of amides is 1. The number of thiazole rings is 1. The maximum atomic E-state index is 12.3. The molecule has 0 bridgehead atoms. The van der Waals surface area contributed by atoms with E-state index in [1.165, 1.54) is 16.9 Å². The maximum Gasteiger partial charge on any atom is 0.358 e. The third-order valence-electron chi connectivity index (χ3n) is 4.15. The fraction of sp³-hybridized carbons (Fsp3) is 0.286. The summed E-state index contributed by atoms with van der Waals surface area (Å²) in [5, 5.41) is 9.09. The number of carbonyl (C=O) groups is 2. The van der Waals surface area contributed by atoms with E-state index in [1.807, 2.05) is 41.1 Å². The van der Waals surface area contributed by atoms with Gasteiger partial charge in [0.1, 0.15) is 5.01 Å². The van der Waals surface area contributed by atoms with Crippen molar-refractivity contribution in [2.45, 2.75) is 39.2 Å². The molecule has 1 aromatic carbocycles. The van der Waals surface area contributed by atoms with E-state index in [-0.39, 0.29) is 17.0 Å². The van der Waals surface area contributed by atoms with E-state index in [1.54, 1.807) is 23.6 Å². The van der Waals surface area contributed by atoms with Crippen LogP contribution in [0.15, 0.2) is 46.5 Å². The zero-order valence-electron chi connectivity index (χ0n) is 16.2. The standard InChI is InChI=1S/C21H22N2O3S2/c1-13(18(24)22-16-7-5-15(6-8-16)21(2,3)4)26-20(25)17-12-28-19(23-17)14-9-10-27-11-14/h5-13H,1-4H3,(H,22,24)/t13-/m1/s1. The summed E-state index contributed by atoms with van der Waals surface area (Å²) in [7, 11) is 0. The maximum absolute atomic E-state index is 12.3. The number of hydrogen-bond acceptors (Lipinski definition) is 6. The molecule has 0 saturated carbocycles. The largest absolute Gasteiger partial charge is 0.448 e. The van der Waals surface area contributed by atoms with Crippen LogP contribution in [0.2, 0.25) is 0 Å². The SMILES string of the molecule is C[C@@H](OC(=O)c1csc(-c2ccsc2)n1)C(=O)Nc1ccc(C(C)(C)C)cc1. The van der Waals surface area contributed by atoms with Gasteiger partial charge in [0.2, 0.25) is 0 Å². The van der Waals surface area contributed by atoms with Crippen molar-refractivity contribution in [1.29, 1.82) is 0 Å². The number of nitrogens with one attached hydrogen (secondary N) is 1. The third kappa shape index (κ3) is 4.85. The summed E-state index contributed by atoms with van der Waals surface area (Å²) < 4.78 is 5.27. The second-order valence-corrected chi connectivity index (χ2v) is 9.05. The summed E-state index contributed by atoms with van der Waals surface area (Å²) in [5.74, 6) is -0.992. The Kier molecular flexibility index (Phi) is 5.96. The molecule has 0 radical (unpaired) electrons. The summed E-state index contributed by atoms with van der Waals surface area (Å²) in [6, 6.07) is 9.60. The first-order valence-electron chi connectivity index (χ1n) is 8.84. The van der Waals surface area contributed by atoms with Gasteiger partial charge in [-0.2, -0.15) is 11.3 Å². The van der Waals surface area contributed by atoms with Gasteiger partial charge in [0, 0.05) is 22.0 Å². The van der Waals surface area contributed by atoms with Gasteiger partial charge in [-0.15, -0.1) is 11.3 Å². The highest BCUT2D eigenvalue weighted by Crippen LogP contribution is 2.26. The number of ether oxygens (including phenoxy) is 1. The minimum atomic E-state index is -0.930. The average molecular weight is 415 g/mol. The fourth-order valence-corrected chi connectivity index (χ4v) is 3.96. The second-order valence-electron chi connectivity index (χ2n) is 7.41. The first-order chi connectivity index (χ1) is 13.2. The zero-order chi connectivity index (χ0) is 20.3. The number of anilines is 1. The fourth-order valence-electron chi connectivity index (χ4n) is 2.46. The van der Waals surface area contributed by atoms with Gasteiger partial charge >= 0.3 is 5.97 Å². The number of thiophene rings is 1. The monoisotopic (exact) mass is 414 g/mol. The van der Waals surface area contributed by atoms with Crippen molar-refractivity contribution in [2.75, 3.05) is 5.32 Å². The van der Waals surface area contributed by atoms with E-state index in [0.717, 1.165) is 10.6 Å². The molecule has 2 aromatic heterocycles. The van der Waals surface area contributed by atoms with Crippen molar-refractivity contribution in [2.24, 2.45) is 0 Å². The van der Waals surface area contributed by atoms with Crippen molar-refractivity contribution < 1.29 is 14.3 Å². The Bertz CT molecular complexity index is 954. The minimum Gasteiger partial charge on any atom is -0.448 e. The Morgan fingerprint density at radius 2 is 1.82 bits per heavy atom. The second kappa shape index (κ2) is 8.24. The van der Waals surface area contributed by atoms with E-state index in [4.69, 9.17) is 4.74 Å². The lowest BCUT2D eigenvalue weighted by Crippen LogP contribution is -2.30. The van der Waals surface area contributed by atoms with Crippen LogP contribution in [0.3, 0.4) is 0 Å². The molecule has 1 N–H and O–H groups in total. The highest BCUT2D eigenvalue weighted by atomic mass is 32.1. The van der Waals surface area contributed by atoms with E-state index in [9.17, 15) is 9.59 Å². The molecule has 0 spiro atoms.